The molecule has 1 aromatic carbocycles. The Morgan fingerprint density at radius 3 is 2.39 bits per heavy atom. The Kier molecular flexibility index (Phi) is 5.85. The van der Waals surface area contributed by atoms with Gasteiger partial charge >= 0.3 is 0 Å². The van der Waals surface area contributed by atoms with Crippen molar-refractivity contribution in [1.82, 2.24) is 19.2 Å². The maximum atomic E-state index is 11.8. The molecule has 1 saturated heterocycles. The highest BCUT2D eigenvalue weighted by atomic mass is 32.2. The number of sulfone groups is 1. The predicted octanol–water partition coefficient (Wildman–Crippen LogP) is 3.47. The lowest BCUT2D eigenvalue weighted by Gasteiger charge is -2.22. The lowest BCUT2D eigenvalue weighted by atomic mass is 9.87. The van der Waals surface area contributed by atoms with E-state index in [0.717, 1.165) is 17.9 Å². The number of aromatic nitrogens is 3. The lowest BCUT2D eigenvalue weighted by Crippen LogP contribution is -2.34. The third-order valence-electron chi connectivity index (χ3n) is 5.44. The summed E-state index contributed by atoms with van der Waals surface area (Å²) in [5.74, 6) is 1.33. The monoisotopic (exact) mass is 422 g/mol. The molecule has 1 aliphatic rings. The highest BCUT2D eigenvalue weighted by Gasteiger charge is 2.31. The van der Waals surface area contributed by atoms with Crippen LogP contribution in [0.4, 0.5) is 0 Å². The summed E-state index contributed by atoms with van der Waals surface area (Å²) in [6, 6.07) is 8.51. The van der Waals surface area contributed by atoms with E-state index in [1.165, 1.54) is 5.56 Å². The first-order valence-corrected chi connectivity index (χ1v) is 11.9. The van der Waals surface area contributed by atoms with Crippen molar-refractivity contribution in [3.05, 3.63) is 34.6 Å². The first kappa shape index (κ1) is 21.2. The van der Waals surface area contributed by atoms with Gasteiger partial charge in [-0.3, -0.25) is 4.90 Å². The minimum atomic E-state index is -2.91. The van der Waals surface area contributed by atoms with E-state index < -0.39 is 9.84 Å². The van der Waals surface area contributed by atoms with Gasteiger partial charge in [0.25, 0.3) is 0 Å². The van der Waals surface area contributed by atoms with Gasteiger partial charge in [-0.1, -0.05) is 45.0 Å². The average molecular weight is 423 g/mol. The Hall–Kier alpha value is -1.51. The maximum absolute atomic E-state index is 11.8. The van der Waals surface area contributed by atoms with E-state index in [4.69, 9.17) is 17.3 Å². The zero-order valence-corrected chi connectivity index (χ0v) is 19.0. The fraction of sp³-hybridized carbons (Fsp3) is 0.600. The van der Waals surface area contributed by atoms with E-state index in [2.05, 4.69) is 52.0 Å². The molecule has 28 heavy (non-hydrogen) atoms. The van der Waals surface area contributed by atoms with Crippen LogP contribution in [0.1, 0.15) is 39.7 Å². The van der Waals surface area contributed by atoms with Crippen LogP contribution in [0.2, 0.25) is 0 Å². The normalized spacial score (nSPS) is 19.4. The van der Waals surface area contributed by atoms with E-state index in [-0.39, 0.29) is 23.0 Å². The molecule has 0 amide bonds. The molecule has 2 heterocycles. The topological polar surface area (TPSA) is 60.1 Å². The van der Waals surface area contributed by atoms with E-state index in [9.17, 15) is 8.42 Å². The van der Waals surface area contributed by atoms with Gasteiger partial charge < -0.3 is 4.57 Å². The molecule has 0 saturated carbocycles. The van der Waals surface area contributed by atoms with Crippen molar-refractivity contribution in [3.63, 3.8) is 0 Å². The van der Waals surface area contributed by atoms with E-state index in [1.54, 1.807) is 4.68 Å². The van der Waals surface area contributed by atoms with Crippen LogP contribution in [0, 0.1) is 4.77 Å². The van der Waals surface area contributed by atoms with Gasteiger partial charge in [0.05, 0.1) is 18.2 Å². The number of hydrogen-bond acceptors (Lipinski definition) is 5. The summed E-state index contributed by atoms with van der Waals surface area (Å²) in [6.07, 6.45) is 0.668. The molecule has 154 valence electrons. The third-order valence-corrected chi connectivity index (χ3v) is 7.62. The molecule has 0 spiro atoms. The lowest BCUT2D eigenvalue weighted by molar-refractivity contribution is 0.196. The Balaban J connectivity index is 1.87. The first-order chi connectivity index (χ1) is 13.0. The molecule has 3 rings (SSSR count). The molecular weight excluding hydrogens is 392 g/mol. The summed E-state index contributed by atoms with van der Waals surface area (Å²) in [4.78, 5) is 2.04. The number of hydrogen-bond donors (Lipinski definition) is 0. The van der Waals surface area contributed by atoms with Crippen LogP contribution in [0.15, 0.2) is 24.3 Å². The SMILES string of the molecule is CCn1c(-c2ccc(C(C)(C)C)cc2)nn(CN(C)[C@H]2CCS(=O)(=O)C2)c1=S. The molecule has 0 unspecified atom stereocenters. The Morgan fingerprint density at radius 1 is 1.25 bits per heavy atom. The van der Waals surface area contributed by atoms with Gasteiger partial charge in [-0.2, -0.15) is 5.10 Å². The van der Waals surface area contributed by atoms with Gasteiger partial charge in [-0.15, -0.1) is 0 Å². The molecule has 1 aromatic heterocycles. The van der Waals surface area contributed by atoms with E-state index in [1.807, 2.05) is 16.5 Å². The van der Waals surface area contributed by atoms with Gasteiger partial charge in [0.15, 0.2) is 20.4 Å². The molecule has 0 radical (unpaired) electrons. The predicted molar refractivity (Wildman–Crippen MR) is 116 cm³/mol. The second kappa shape index (κ2) is 7.72. The van der Waals surface area contributed by atoms with Crippen LogP contribution in [0.3, 0.4) is 0 Å². The Bertz CT molecular complexity index is 998. The van der Waals surface area contributed by atoms with Crippen molar-refractivity contribution in [2.75, 3.05) is 18.6 Å². The van der Waals surface area contributed by atoms with Gasteiger partial charge in [-0.25, -0.2) is 13.1 Å². The van der Waals surface area contributed by atoms with Crippen LogP contribution in [0.25, 0.3) is 11.4 Å². The second-order valence-electron chi connectivity index (χ2n) is 8.63. The molecule has 0 N–H and O–H groups in total. The molecular formula is C20H30N4O2S2. The average Bonchev–Trinajstić information content (AvgIpc) is 3.14. The van der Waals surface area contributed by atoms with Crippen molar-refractivity contribution < 1.29 is 8.42 Å². The Labute approximate surface area is 173 Å². The van der Waals surface area contributed by atoms with Crippen LogP contribution in [-0.4, -0.2) is 52.3 Å². The highest BCUT2D eigenvalue weighted by Crippen LogP contribution is 2.26. The summed E-state index contributed by atoms with van der Waals surface area (Å²) in [5.41, 5.74) is 2.41. The minimum Gasteiger partial charge on any atom is -0.300 e. The van der Waals surface area contributed by atoms with E-state index >= 15 is 0 Å². The largest absolute Gasteiger partial charge is 0.300 e. The second-order valence-corrected chi connectivity index (χ2v) is 11.2. The molecule has 2 aromatic rings. The summed E-state index contributed by atoms with van der Waals surface area (Å²) in [5, 5.41) is 4.77. The van der Waals surface area contributed by atoms with Crippen LogP contribution in [-0.2, 0) is 28.5 Å². The fourth-order valence-corrected chi connectivity index (χ4v) is 5.72. The fourth-order valence-electron chi connectivity index (χ4n) is 3.60. The molecule has 0 aliphatic carbocycles. The number of benzene rings is 1. The van der Waals surface area contributed by atoms with Crippen molar-refractivity contribution in [1.29, 1.82) is 0 Å². The first-order valence-electron chi connectivity index (χ1n) is 9.71. The summed E-state index contributed by atoms with van der Waals surface area (Å²) in [7, 11) is -0.972. The van der Waals surface area contributed by atoms with Crippen molar-refractivity contribution in [3.8, 4) is 11.4 Å². The van der Waals surface area contributed by atoms with Crippen molar-refractivity contribution in [2.45, 2.75) is 58.8 Å². The molecule has 0 bridgehead atoms. The van der Waals surface area contributed by atoms with Crippen LogP contribution in [0.5, 0.6) is 0 Å². The van der Waals surface area contributed by atoms with Gasteiger partial charge in [0.1, 0.15) is 0 Å². The molecule has 1 aliphatic heterocycles. The number of nitrogens with zero attached hydrogens (tertiary/aromatic N) is 4. The molecule has 8 heteroatoms. The molecule has 1 fully saturated rings. The smallest absolute Gasteiger partial charge is 0.199 e. The van der Waals surface area contributed by atoms with Gasteiger partial charge in [0.2, 0.25) is 0 Å². The standard InChI is InChI=1S/C20H30N4O2S2/c1-6-23-18(15-7-9-16(10-8-15)20(2,3)4)21-24(19(23)27)14-22(5)17-11-12-28(25,26)13-17/h7-10,17H,6,11-14H2,1-5H3/t17-/m0/s1. The van der Waals surface area contributed by atoms with Crippen molar-refractivity contribution >= 4 is 22.1 Å². The zero-order valence-electron chi connectivity index (χ0n) is 17.3. The summed E-state index contributed by atoms with van der Waals surface area (Å²) in [6.45, 7) is 9.87. The van der Waals surface area contributed by atoms with Crippen LogP contribution < -0.4 is 0 Å². The summed E-state index contributed by atoms with van der Waals surface area (Å²) >= 11 is 5.65. The highest BCUT2D eigenvalue weighted by molar-refractivity contribution is 7.91. The van der Waals surface area contributed by atoms with Crippen molar-refractivity contribution in [2.24, 2.45) is 0 Å². The minimum absolute atomic E-state index is 0.0215. The molecule has 6 nitrogen and oxygen atoms in total. The third kappa shape index (κ3) is 4.39. The van der Waals surface area contributed by atoms with Gasteiger partial charge in [0, 0.05) is 18.2 Å². The zero-order chi connectivity index (χ0) is 20.7. The Morgan fingerprint density at radius 2 is 1.89 bits per heavy atom. The maximum Gasteiger partial charge on any atom is 0.199 e. The number of rotatable bonds is 5. The summed E-state index contributed by atoms with van der Waals surface area (Å²) < 4.78 is 28.0. The van der Waals surface area contributed by atoms with E-state index in [0.29, 0.717) is 17.9 Å². The van der Waals surface area contributed by atoms with Gasteiger partial charge in [-0.05, 0) is 43.6 Å². The molecule has 1 atom stereocenters. The quantitative estimate of drug-likeness (QED) is 0.691. The van der Waals surface area contributed by atoms with Crippen LogP contribution >= 0.6 is 12.2 Å².